The van der Waals surface area contributed by atoms with Crippen LogP contribution in [0.2, 0.25) is 0 Å². The van der Waals surface area contributed by atoms with Gasteiger partial charge < -0.3 is 15.7 Å². The maximum atomic E-state index is 13.9. The van der Waals surface area contributed by atoms with Gasteiger partial charge in [-0.1, -0.05) is 0 Å². The Morgan fingerprint density at radius 2 is 2.11 bits per heavy atom. The van der Waals surface area contributed by atoms with Crippen LogP contribution in [0.4, 0.5) is 10.1 Å². The van der Waals surface area contributed by atoms with Crippen LogP contribution in [0.25, 0.3) is 0 Å². The van der Waals surface area contributed by atoms with Crippen LogP contribution < -0.4 is 10.6 Å². The molecule has 0 saturated carbocycles. The largest absolute Gasteiger partial charge is 0.389 e. The SMILES string of the molecule is CCN(CC(C)(C)O)c1ccc(C(=N)N)cc1F. The molecule has 0 bridgehead atoms. The molecular formula is C13H20FN3O. The van der Waals surface area contributed by atoms with Crippen molar-refractivity contribution in [3.05, 3.63) is 29.6 Å². The third kappa shape index (κ3) is 3.70. The van der Waals surface area contributed by atoms with Gasteiger partial charge in [-0.25, -0.2) is 4.39 Å². The zero-order valence-corrected chi connectivity index (χ0v) is 11.0. The van der Waals surface area contributed by atoms with Crippen molar-refractivity contribution >= 4 is 11.5 Å². The minimum absolute atomic E-state index is 0.161. The molecule has 0 amide bonds. The van der Waals surface area contributed by atoms with Crippen molar-refractivity contribution < 1.29 is 9.50 Å². The molecule has 0 unspecified atom stereocenters. The summed E-state index contributed by atoms with van der Waals surface area (Å²) in [5.41, 5.74) is 5.17. The highest BCUT2D eigenvalue weighted by atomic mass is 19.1. The first-order chi connectivity index (χ1) is 8.24. The summed E-state index contributed by atoms with van der Waals surface area (Å²) in [6.07, 6.45) is 0. The molecule has 0 atom stereocenters. The predicted octanol–water partition coefficient (Wildman–Crippen LogP) is 1.71. The molecule has 18 heavy (non-hydrogen) atoms. The molecule has 0 aliphatic carbocycles. The van der Waals surface area contributed by atoms with Gasteiger partial charge in [0.2, 0.25) is 0 Å². The van der Waals surface area contributed by atoms with E-state index in [0.29, 0.717) is 24.3 Å². The van der Waals surface area contributed by atoms with Crippen molar-refractivity contribution in [2.24, 2.45) is 5.73 Å². The highest BCUT2D eigenvalue weighted by molar-refractivity contribution is 5.95. The third-order valence-corrected chi connectivity index (χ3v) is 2.56. The number of nitrogens with zero attached hydrogens (tertiary/aromatic N) is 1. The number of likely N-dealkylation sites (N-methyl/N-ethyl adjacent to an activating group) is 1. The van der Waals surface area contributed by atoms with Gasteiger partial charge in [-0.05, 0) is 39.0 Å². The summed E-state index contributed by atoms with van der Waals surface area (Å²) >= 11 is 0. The Labute approximate surface area is 107 Å². The fourth-order valence-electron chi connectivity index (χ4n) is 1.77. The van der Waals surface area contributed by atoms with Gasteiger partial charge in [0.25, 0.3) is 0 Å². The summed E-state index contributed by atoms with van der Waals surface area (Å²) in [7, 11) is 0. The molecule has 4 N–H and O–H groups in total. The number of nitrogen functional groups attached to an aromatic ring is 1. The van der Waals surface area contributed by atoms with Gasteiger partial charge in [-0.2, -0.15) is 0 Å². The van der Waals surface area contributed by atoms with Gasteiger partial charge in [-0.3, -0.25) is 5.41 Å². The van der Waals surface area contributed by atoms with Crippen LogP contribution in [0, 0.1) is 11.2 Å². The highest BCUT2D eigenvalue weighted by Gasteiger charge is 2.20. The number of nitrogens with two attached hydrogens (primary N) is 1. The Bertz CT molecular complexity index is 440. The molecule has 0 spiro atoms. The lowest BCUT2D eigenvalue weighted by Gasteiger charge is -2.30. The number of aliphatic hydroxyl groups is 1. The van der Waals surface area contributed by atoms with Crippen LogP contribution >= 0.6 is 0 Å². The third-order valence-electron chi connectivity index (χ3n) is 2.56. The normalized spacial score (nSPS) is 11.4. The number of hydrogen-bond acceptors (Lipinski definition) is 3. The summed E-state index contributed by atoms with van der Waals surface area (Å²) in [5.74, 6) is -0.597. The van der Waals surface area contributed by atoms with Gasteiger partial charge in [-0.15, -0.1) is 0 Å². The molecule has 0 aliphatic heterocycles. The van der Waals surface area contributed by atoms with Gasteiger partial charge in [0, 0.05) is 18.7 Å². The average Bonchev–Trinajstić information content (AvgIpc) is 2.24. The number of amidine groups is 1. The number of anilines is 1. The minimum Gasteiger partial charge on any atom is -0.389 e. The van der Waals surface area contributed by atoms with E-state index in [1.165, 1.54) is 6.07 Å². The standard InChI is InChI=1S/C13H20FN3O/c1-4-17(8-13(2,3)18)11-6-5-9(12(15)16)7-10(11)14/h5-7,18H,4,8H2,1-3H3,(H3,15,16). The van der Waals surface area contributed by atoms with Crippen LogP contribution in [0.15, 0.2) is 18.2 Å². The van der Waals surface area contributed by atoms with E-state index in [1.807, 2.05) is 6.92 Å². The molecule has 0 aliphatic rings. The van der Waals surface area contributed by atoms with Crippen LogP contribution in [-0.2, 0) is 0 Å². The molecular weight excluding hydrogens is 233 g/mol. The Hall–Kier alpha value is -1.62. The van der Waals surface area contributed by atoms with E-state index in [2.05, 4.69) is 0 Å². The van der Waals surface area contributed by atoms with Crippen LogP contribution in [0.3, 0.4) is 0 Å². The molecule has 1 rings (SSSR count). The van der Waals surface area contributed by atoms with E-state index in [1.54, 1.807) is 30.9 Å². The molecule has 5 heteroatoms. The first-order valence-electron chi connectivity index (χ1n) is 5.86. The molecule has 0 fully saturated rings. The van der Waals surface area contributed by atoms with Gasteiger partial charge in [0.05, 0.1) is 11.3 Å². The zero-order valence-electron chi connectivity index (χ0n) is 11.0. The maximum absolute atomic E-state index is 13.9. The topological polar surface area (TPSA) is 73.3 Å². The number of halogens is 1. The molecule has 1 aromatic rings. The second-order valence-corrected chi connectivity index (χ2v) is 4.91. The van der Waals surface area contributed by atoms with Crippen molar-refractivity contribution in [3.63, 3.8) is 0 Å². The molecule has 1 aromatic carbocycles. The van der Waals surface area contributed by atoms with Gasteiger partial charge in [0.15, 0.2) is 0 Å². The number of rotatable bonds is 5. The van der Waals surface area contributed by atoms with Crippen molar-refractivity contribution in [2.45, 2.75) is 26.4 Å². The quantitative estimate of drug-likeness (QED) is 0.552. The van der Waals surface area contributed by atoms with E-state index in [0.717, 1.165) is 0 Å². The van der Waals surface area contributed by atoms with E-state index in [-0.39, 0.29) is 5.84 Å². The molecule has 0 aromatic heterocycles. The van der Waals surface area contributed by atoms with Crippen molar-refractivity contribution in [1.29, 1.82) is 5.41 Å². The lowest BCUT2D eigenvalue weighted by molar-refractivity contribution is 0.0874. The van der Waals surface area contributed by atoms with Crippen molar-refractivity contribution in [1.82, 2.24) is 0 Å². The van der Waals surface area contributed by atoms with E-state index in [4.69, 9.17) is 11.1 Å². The average molecular weight is 253 g/mol. The fraction of sp³-hybridized carbons (Fsp3) is 0.462. The smallest absolute Gasteiger partial charge is 0.147 e. The van der Waals surface area contributed by atoms with Gasteiger partial charge >= 0.3 is 0 Å². The second-order valence-electron chi connectivity index (χ2n) is 4.91. The second kappa shape index (κ2) is 5.35. The van der Waals surface area contributed by atoms with Gasteiger partial charge in [0.1, 0.15) is 11.7 Å². The molecule has 4 nitrogen and oxygen atoms in total. The lowest BCUT2D eigenvalue weighted by Crippen LogP contribution is -2.39. The minimum atomic E-state index is -0.901. The monoisotopic (exact) mass is 253 g/mol. The Morgan fingerprint density at radius 1 is 1.50 bits per heavy atom. The van der Waals surface area contributed by atoms with Crippen LogP contribution in [0.1, 0.15) is 26.3 Å². The molecule has 0 radical (unpaired) electrons. The molecule has 0 saturated heterocycles. The van der Waals surface area contributed by atoms with Crippen molar-refractivity contribution in [2.75, 3.05) is 18.0 Å². The molecule has 0 heterocycles. The zero-order chi connectivity index (χ0) is 13.9. The number of benzene rings is 1. The molecule has 100 valence electrons. The van der Waals surface area contributed by atoms with E-state index in [9.17, 15) is 9.50 Å². The first kappa shape index (κ1) is 14.4. The van der Waals surface area contributed by atoms with Crippen LogP contribution in [0.5, 0.6) is 0 Å². The fourth-order valence-corrected chi connectivity index (χ4v) is 1.77. The Morgan fingerprint density at radius 3 is 2.50 bits per heavy atom. The first-order valence-corrected chi connectivity index (χ1v) is 5.86. The lowest BCUT2D eigenvalue weighted by atomic mass is 10.1. The summed E-state index contributed by atoms with van der Waals surface area (Å²) in [4.78, 5) is 1.75. The highest BCUT2D eigenvalue weighted by Crippen LogP contribution is 2.22. The number of hydrogen-bond donors (Lipinski definition) is 3. The summed E-state index contributed by atoms with van der Waals surface area (Å²) in [5, 5.41) is 17.1. The summed E-state index contributed by atoms with van der Waals surface area (Å²) < 4.78 is 13.9. The number of nitrogens with one attached hydrogen (secondary N) is 1. The Balaban J connectivity index is 3.04. The van der Waals surface area contributed by atoms with Crippen molar-refractivity contribution in [3.8, 4) is 0 Å². The maximum Gasteiger partial charge on any atom is 0.147 e. The summed E-state index contributed by atoms with van der Waals surface area (Å²) in [6, 6.07) is 4.43. The predicted molar refractivity (Wildman–Crippen MR) is 71.6 cm³/mol. The summed E-state index contributed by atoms with van der Waals surface area (Å²) in [6.45, 7) is 6.17. The Kier molecular flexibility index (Phi) is 4.29. The van der Waals surface area contributed by atoms with E-state index < -0.39 is 11.4 Å². The van der Waals surface area contributed by atoms with Crippen LogP contribution in [-0.4, -0.2) is 29.6 Å². The van der Waals surface area contributed by atoms with E-state index >= 15 is 0 Å².